The molecular formula is C12H14N4PtS2. The Morgan fingerprint density at radius 2 is 1.84 bits per heavy atom. The van der Waals surface area contributed by atoms with E-state index in [0.29, 0.717) is 6.04 Å². The van der Waals surface area contributed by atoms with Crippen LogP contribution in [0.2, 0.25) is 0 Å². The molecule has 0 N–H and O–H groups in total. The van der Waals surface area contributed by atoms with E-state index in [9.17, 15) is 0 Å². The van der Waals surface area contributed by atoms with Crippen molar-refractivity contribution in [3.63, 3.8) is 0 Å². The van der Waals surface area contributed by atoms with Gasteiger partial charge in [0.15, 0.2) is 0 Å². The first-order valence-corrected chi connectivity index (χ1v) is 6.35. The molecule has 0 radical (unpaired) electrons. The third-order valence-corrected chi connectivity index (χ3v) is 2.36. The molecule has 2 aliphatic heterocycles. The van der Waals surface area contributed by atoms with Gasteiger partial charge in [0.05, 0.1) is 0 Å². The minimum atomic E-state index is 0. The molecule has 4 nitrogen and oxygen atoms in total. The van der Waals surface area contributed by atoms with Crippen molar-refractivity contribution in [2.45, 2.75) is 25.3 Å². The summed E-state index contributed by atoms with van der Waals surface area (Å²) in [5.41, 5.74) is 1.19. The fourth-order valence-electron chi connectivity index (χ4n) is 1.68. The third kappa shape index (κ3) is 10.9. The van der Waals surface area contributed by atoms with Crippen LogP contribution in [0.1, 0.15) is 19.3 Å². The molecule has 0 aromatic carbocycles. The molecule has 19 heavy (non-hydrogen) atoms. The minimum absolute atomic E-state index is 0. The summed E-state index contributed by atoms with van der Waals surface area (Å²) < 4.78 is 0. The van der Waals surface area contributed by atoms with Gasteiger partial charge >= 0.3 is 21.1 Å². The Bertz CT molecular complexity index is 340. The van der Waals surface area contributed by atoms with Crippen LogP contribution in [0.5, 0.6) is 0 Å². The average molecular weight is 473 g/mol. The molecule has 2 rings (SSSR count). The van der Waals surface area contributed by atoms with Crippen molar-refractivity contribution in [1.29, 1.82) is 10.5 Å². The smallest absolute Gasteiger partial charge is 0.696 e. The number of nitriles is 2. The number of nitrogens with zero attached hydrogens (tertiary/aromatic N) is 4. The maximum absolute atomic E-state index is 7.13. The van der Waals surface area contributed by atoms with E-state index in [1.165, 1.54) is 35.8 Å². The number of thiocyanates is 2. The summed E-state index contributed by atoms with van der Waals surface area (Å²) in [7, 11) is 0. The second kappa shape index (κ2) is 15.4. The molecule has 2 heterocycles. The Kier molecular flexibility index (Phi) is 16.8. The Morgan fingerprint density at radius 3 is 2.26 bits per heavy atom. The summed E-state index contributed by atoms with van der Waals surface area (Å²) in [5, 5.41) is 25.9. The monoisotopic (exact) mass is 473 g/mol. The van der Waals surface area contributed by atoms with Gasteiger partial charge in [0.25, 0.3) is 0 Å². The van der Waals surface area contributed by atoms with Gasteiger partial charge in [0.2, 0.25) is 0 Å². The molecule has 0 bridgehead atoms. The third-order valence-electron chi connectivity index (χ3n) is 2.36. The van der Waals surface area contributed by atoms with Crippen LogP contribution in [-0.4, -0.2) is 19.1 Å². The molecule has 0 saturated carbocycles. The standard InChI is InChI=1S/C10H14N2.2CHNS.Pt/c1-3-7-11-9(5-1)10-6-2-4-8-12-10;2*2-1-3;/h1,3,5,10H,2,4,6-8H2;2*3H;/q-2;;;+4/p-2. The Labute approximate surface area is 140 Å². The quantitative estimate of drug-likeness (QED) is 0.434. The second-order valence-electron chi connectivity index (χ2n) is 3.46. The summed E-state index contributed by atoms with van der Waals surface area (Å²) in [6, 6.07) is 0.406. The van der Waals surface area contributed by atoms with Crippen molar-refractivity contribution < 1.29 is 21.1 Å². The van der Waals surface area contributed by atoms with Crippen LogP contribution in [0.3, 0.4) is 0 Å². The molecule has 0 aliphatic carbocycles. The molecule has 1 atom stereocenters. The van der Waals surface area contributed by atoms with Crippen LogP contribution >= 0.6 is 0 Å². The van der Waals surface area contributed by atoms with E-state index in [1.807, 2.05) is 0 Å². The van der Waals surface area contributed by atoms with Gasteiger partial charge in [0.1, 0.15) is 0 Å². The van der Waals surface area contributed by atoms with E-state index >= 15 is 0 Å². The number of hydrogen-bond acceptors (Lipinski definition) is 4. The molecule has 0 amide bonds. The van der Waals surface area contributed by atoms with Crippen molar-refractivity contribution in [3.8, 4) is 10.8 Å². The fourth-order valence-corrected chi connectivity index (χ4v) is 1.68. The predicted octanol–water partition coefficient (Wildman–Crippen LogP) is 2.77. The first-order chi connectivity index (χ1) is 8.79. The van der Waals surface area contributed by atoms with E-state index in [2.05, 4.69) is 54.1 Å². The van der Waals surface area contributed by atoms with Crippen molar-refractivity contribution in [1.82, 2.24) is 0 Å². The van der Waals surface area contributed by atoms with Crippen LogP contribution in [0.4, 0.5) is 0 Å². The molecular weight excluding hydrogens is 459 g/mol. The fraction of sp³-hybridized carbons (Fsp3) is 0.500. The normalized spacial score (nSPS) is 19.3. The number of allylic oxidation sites excluding steroid dienone is 2. The average Bonchev–Trinajstić information content (AvgIpc) is 2.43. The maximum Gasteiger partial charge on any atom is 4.00 e. The van der Waals surface area contributed by atoms with E-state index in [4.69, 9.17) is 10.5 Å². The van der Waals surface area contributed by atoms with Gasteiger partial charge in [0, 0.05) is 0 Å². The van der Waals surface area contributed by atoms with E-state index in [1.54, 1.807) is 0 Å². The minimum Gasteiger partial charge on any atom is -0.696 e. The molecule has 2 aliphatic rings. The molecule has 1 unspecified atom stereocenters. The summed E-state index contributed by atoms with van der Waals surface area (Å²) in [4.78, 5) is 0. The second-order valence-corrected chi connectivity index (χ2v) is 3.83. The van der Waals surface area contributed by atoms with E-state index in [-0.39, 0.29) is 21.1 Å². The maximum atomic E-state index is 7.13. The van der Waals surface area contributed by atoms with Crippen LogP contribution in [-0.2, 0) is 46.3 Å². The molecule has 0 spiro atoms. The first kappa shape index (κ1) is 20.7. The van der Waals surface area contributed by atoms with Gasteiger partial charge in [-0.2, -0.15) is 5.70 Å². The first-order valence-electron chi connectivity index (χ1n) is 5.53. The zero-order valence-corrected chi connectivity index (χ0v) is 14.2. The van der Waals surface area contributed by atoms with Gasteiger partial charge in [-0.05, 0) is 0 Å². The van der Waals surface area contributed by atoms with Crippen molar-refractivity contribution in [2.24, 2.45) is 0 Å². The van der Waals surface area contributed by atoms with E-state index < -0.39 is 0 Å². The van der Waals surface area contributed by atoms with Gasteiger partial charge in [-0.15, -0.1) is 25.2 Å². The van der Waals surface area contributed by atoms with Gasteiger partial charge in [-0.1, -0.05) is 42.2 Å². The molecule has 104 valence electrons. The zero-order valence-electron chi connectivity index (χ0n) is 10.3. The Balaban J connectivity index is 0. The molecule has 0 aromatic heterocycles. The number of piperidine rings is 1. The van der Waals surface area contributed by atoms with Crippen LogP contribution in [0, 0.1) is 21.3 Å². The van der Waals surface area contributed by atoms with Crippen molar-refractivity contribution in [3.05, 3.63) is 34.6 Å². The molecule has 7 heteroatoms. The zero-order chi connectivity index (χ0) is 13.6. The summed E-state index contributed by atoms with van der Waals surface area (Å²) in [6.45, 7) is 1.87. The Morgan fingerprint density at radius 1 is 1.21 bits per heavy atom. The van der Waals surface area contributed by atoms with E-state index in [0.717, 1.165) is 13.1 Å². The Hall–Kier alpha value is -0.652. The molecule has 1 fully saturated rings. The summed E-state index contributed by atoms with van der Waals surface area (Å²) in [5.74, 6) is 0. The van der Waals surface area contributed by atoms with Crippen molar-refractivity contribution in [2.75, 3.05) is 13.1 Å². The van der Waals surface area contributed by atoms with Crippen LogP contribution in [0.15, 0.2) is 23.9 Å². The van der Waals surface area contributed by atoms with Gasteiger partial charge in [-0.3, -0.25) is 0 Å². The van der Waals surface area contributed by atoms with Crippen LogP contribution < -0.4 is 0 Å². The molecule has 0 aromatic rings. The number of hydrogen-bond donors (Lipinski definition) is 0. The number of rotatable bonds is 1. The molecule has 1 saturated heterocycles. The summed E-state index contributed by atoms with van der Waals surface area (Å²) in [6.07, 6.45) is 10.0. The largest absolute Gasteiger partial charge is 4.00 e. The topological polar surface area (TPSA) is 75.8 Å². The van der Waals surface area contributed by atoms with Gasteiger partial charge in [-0.25, -0.2) is 10.5 Å². The SMILES string of the molecule is C1=CC[N-]C(C2CCCC[N-]2)=C1.N#C[S-].N#C[S-].[Pt+4]. The predicted molar refractivity (Wildman–Crippen MR) is 77.3 cm³/mol. The van der Waals surface area contributed by atoms with Crippen molar-refractivity contribution >= 4 is 25.3 Å². The van der Waals surface area contributed by atoms with Crippen LogP contribution in [0.25, 0.3) is 10.6 Å². The van der Waals surface area contributed by atoms with Gasteiger partial charge < -0.3 is 35.9 Å². The summed E-state index contributed by atoms with van der Waals surface area (Å²) >= 11 is 7.40.